The first-order chi connectivity index (χ1) is 7.44. The van der Waals surface area contributed by atoms with Gasteiger partial charge in [-0.1, -0.05) is 13.8 Å². The highest BCUT2D eigenvalue weighted by molar-refractivity contribution is 5.08. The van der Waals surface area contributed by atoms with Crippen LogP contribution in [0.15, 0.2) is 0 Å². The summed E-state index contributed by atoms with van der Waals surface area (Å²) < 4.78 is 6.46. The fraction of sp³-hybridized carbons (Fsp3) is 1.00. The Morgan fingerprint density at radius 3 is 2.50 bits per heavy atom. The molecule has 2 heterocycles. The first kappa shape index (κ1) is 11.1. The minimum absolute atomic E-state index is 0.210. The first-order valence-electron chi connectivity index (χ1n) is 7.14. The molecule has 1 nitrogen and oxygen atoms in total. The summed E-state index contributed by atoms with van der Waals surface area (Å²) in [6.45, 7) is 9.58. The predicted molar refractivity (Wildman–Crippen MR) is 66.3 cm³/mol. The molecule has 4 aliphatic rings. The molecule has 16 heavy (non-hydrogen) atoms. The molecule has 0 aromatic carbocycles. The predicted octanol–water partition coefficient (Wildman–Crippen LogP) is 4.02. The van der Waals surface area contributed by atoms with Crippen LogP contribution in [0.4, 0.5) is 0 Å². The smallest absolute Gasteiger partial charge is 0.0692 e. The Morgan fingerprint density at radius 1 is 1.12 bits per heavy atom. The molecule has 4 fully saturated rings. The van der Waals surface area contributed by atoms with E-state index in [2.05, 4.69) is 27.7 Å². The van der Waals surface area contributed by atoms with Gasteiger partial charge in [-0.3, -0.25) is 0 Å². The third-order valence-corrected chi connectivity index (χ3v) is 5.81. The lowest BCUT2D eigenvalue weighted by atomic mass is 9.52. The highest BCUT2D eigenvalue weighted by Gasteiger charge is 2.59. The summed E-state index contributed by atoms with van der Waals surface area (Å²) in [5.74, 6) is 3.63. The van der Waals surface area contributed by atoms with Gasteiger partial charge in [0.25, 0.3) is 0 Å². The molecule has 0 aromatic heterocycles. The second-order valence-corrected chi connectivity index (χ2v) is 7.32. The van der Waals surface area contributed by atoms with Gasteiger partial charge in [-0.25, -0.2) is 0 Å². The third-order valence-electron chi connectivity index (χ3n) is 5.81. The van der Waals surface area contributed by atoms with Crippen molar-refractivity contribution >= 4 is 0 Å². The summed E-state index contributed by atoms with van der Waals surface area (Å²) in [5.41, 5.74) is 0.434. The van der Waals surface area contributed by atoms with E-state index in [0.29, 0.717) is 0 Å². The number of hydrogen-bond donors (Lipinski definition) is 0. The number of hydrogen-bond acceptors (Lipinski definition) is 1. The Balaban J connectivity index is 1.93. The van der Waals surface area contributed by atoms with Gasteiger partial charge >= 0.3 is 0 Å². The molecule has 0 radical (unpaired) electrons. The van der Waals surface area contributed by atoms with Crippen molar-refractivity contribution in [2.75, 3.05) is 0 Å². The van der Waals surface area contributed by atoms with Crippen molar-refractivity contribution in [3.63, 3.8) is 0 Å². The number of ether oxygens (including phenoxy) is 1. The molecule has 4 rings (SSSR count). The van der Waals surface area contributed by atoms with Gasteiger partial charge in [0.1, 0.15) is 0 Å². The van der Waals surface area contributed by atoms with Crippen LogP contribution in [-0.2, 0) is 4.74 Å². The molecule has 92 valence electrons. The normalized spacial score (nSPS) is 55.7. The number of rotatable bonds is 1. The van der Waals surface area contributed by atoms with E-state index in [1.807, 2.05) is 0 Å². The van der Waals surface area contributed by atoms with E-state index in [0.717, 1.165) is 23.7 Å². The highest BCUT2D eigenvalue weighted by Crippen LogP contribution is 2.60. The van der Waals surface area contributed by atoms with Crippen LogP contribution in [0.3, 0.4) is 0 Å². The molecule has 4 bridgehead atoms. The minimum Gasteiger partial charge on any atom is -0.369 e. The van der Waals surface area contributed by atoms with E-state index in [1.165, 1.54) is 32.1 Å². The quantitative estimate of drug-likeness (QED) is 0.651. The summed E-state index contributed by atoms with van der Waals surface area (Å²) in [6, 6.07) is 0. The molecule has 0 amide bonds. The maximum absolute atomic E-state index is 6.46. The SMILES string of the molecule is CC(C)[C@@H]1CCC2(C)OC3(C)CC[C@H]2[C@H]1C3. The molecule has 0 spiro atoms. The van der Waals surface area contributed by atoms with E-state index in [4.69, 9.17) is 4.74 Å². The fourth-order valence-electron chi connectivity index (χ4n) is 5.09. The highest BCUT2D eigenvalue weighted by atomic mass is 16.5. The van der Waals surface area contributed by atoms with Crippen molar-refractivity contribution in [2.24, 2.45) is 23.7 Å². The van der Waals surface area contributed by atoms with Crippen molar-refractivity contribution in [2.45, 2.75) is 71.0 Å². The molecular formula is C15H26O. The molecule has 0 N–H and O–H groups in total. The van der Waals surface area contributed by atoms with Crippen LogP contribution < -0.4 is 0 Å². The lowest BCUT2D eigenvalue weighted by Gasteiger charge is -2.63. The van der Waals surface area contributed by atoms with Gasteiger partial charge in [0.05, 0.1) is 11.2 Å². The van der Waals surface area contributed by atoms with Crippen LogP contribution in [-0.4, -0.2) is 11.2 Å². The summed E-state index contributed by atoms with van der Waals surface area (Å²) in [5, 5.41) is 0. The molecule has 2 saturated heterocycles. The second kappa shape index (κ2) is 3.25. The molecule has 1 heteroatoms. The summed E-state index contributed by atoms with van der Waals surface area (Å²) in [7, 11) is 0. The van der Waals surface area contributed by atoms with Crippen LogP contribution in [0.2, 0.25) is 0 Å². The Labute approximate surface area is 99.9 Å². The monoisotopic (exact) mass is 222 g/mol. The molecule has 2 aliphatic heterocycles. The molecule has 5 atom stereocenters. The zero-order valence-corrected chi connectivity index (χ0v) is 11.3. The summed E-state index contributed by atoms with van der Waals surface area (Å²) in [4.78, 5) is 0. The van der Waals surface area contributed by atoms with Crippen LogP contribution >= 0.6 is 0 Å². The lowest BCUT2D eigenvalue weighted by Crippen LogP contribution is -2.63. The standard InChI is InChI=1S/C15H26O/c1-10(2)11-5-8-15(4)13-6-7-14(3,16-15)9-12(11)13/h10-13H,5-9H2,1-4H3/t11-,12-,13-,14?,15?/m0/s1. The second-order valence-electron chi connectivity index (χ2n) is 7.32. The van der Waals surface area contributed by atoms with Crippen molar-refractivity contribution in [3.8, 4) is 0 Å². The van der Waals surface area contributed by atoms with Crippen LogP contribution in [0, 0.1) is 23.7 Å². The maximum atomic E-state index is 6.46. The largest absolute Gasteiger partial charge is 0.369 e. The fourth-order valence-corrected chi connectivity index (χ4v) is 5.09. The van der Waals surface area contributed by atoms with Crippen molar-refractivity contribution in [1.82, 2.24) is 0 Å². The lowest BCUT2D eigenvalue weighted by molar-refractivity contribution is -0.286. The van der Waals surface area contributed by atoms with Crippen molar-refractivity contribution in [1.29, 1.82) is 0 Å². The van der Waals surface area contributed by atoms with Crippen molar-refractivity contribution < 1.29 is 4.74 Å². The zero-order valence-electron chi connectivity index (χ0n) is 11.3. The molecular weight excluding hydrogens is 196 g/mol. The minimum atomic E-state index is 0.210. The maximum Gasteiger partial charge on any atom is 0.0692 e. The average Bonchev–Trinajstić information content (AvgIpc) is 2.14. The van der Waals surface area contributed by atoms with Gasteiger partial charge in [0.2, 0.25) is 0 Å². The van der Waals surface area contributed by atoms with E-state index in [1.54, 1.807) is 0 Å². The first-order valence-corrected chi connectivity index (χ1v) is 7.14. The topological polar surface area (TPSA) is 9.23 Å². The van der Waals surface area contributed by atoms with Crippen LogP contribution in [0.5, 0.6) is 0 Å². The van der Waals surface area contributed by atoms with Crippen LogP contribution in [0.1, 0.15) is 59.8 Å². The number of fused-ring (bicyclic) bond motifs is 1. The van der Waals surface area contributed by atoms with Gasteiger partial charge in [0, 0.05) is 0 Å². The Bertz CT molecular complexity index is 298. The average molecular weight is 222 g/mol. The van der Waals surface area contributed by atoms with E-state index < -0.39 is 0 Å². The van der Waals surface area contributed by atoms with Gasteiger partial charge < -0.3 is 4.74 Å². The molecule has 2 saturated carbocycles. The zero-order chi connectivity index (χ0) is 11.6. The van der Waals surface area contributed by atoms with E-state index in [9.17, 15) is 0 Å². The van der Waals surface area contributed by atoms with E-state index in [-0.39, 0.29) is 11.2 Å². The van der Waals surface area contributed by atoms with Gasteiger partial charge in [-0.15, -0.1) is 0 Å². The van der Waals surface area contributed by atoms with Gasteiger partial charge in [-0.2, -0.15) is 0 Å². The Hall–Kier alpha value is -0.0400. The Kier molecular flexibility index (Phi) is 2.25. The van der Waals surface area contributed by atoms with Crippen molar-refractivity contribution in [3.05, 3.63) is 0 Å². The molecule has 2 unspecified atom stereocenters. The van der Waals surface area contributed by atoms with E-state index >= 15 is 0 Å². The van der Waals surface area contributed by atoms with Crippen LogP contribution in [0.25, 0.3) is 0 Å². The summed E-state index contributed by atoms with van der Waals surface area (Å²) >= 11 is 0. The summed E-state index contributed by atoms with van der Waals surface area (Å²) in [6.07, 6.45) is 6.74. The third kappa shape index (κ3) is 1.40. The Morgan fingerprint density at radius 2 is 1.88 bits per heavy atom. The van der Waals surface area contributed by atoms with Gasteiger partial charge in [-0.05, 0) is 69.6 Å². The molecule has 0 aromatic rings. The molecule has 2 aliphatic carbocycles. The van der Waals surface area contributed by atoms with Gasteiger partial charge in [0.15, 0.2) is 0 Å².